The molecule has 0 aromatic carbocycles. The highest BCUT2D eigenvalue weighted by Gasteiger charge is 1.89. The van der Waals surface area contributed by atoms with Crippen LogP contribution in [0.15, 0.2) is 24.0 Å². The van der Waals surface area contributed by atoms with Gasteiger partial charge in [0.05, 0.1) is 0 Å². The molecule has 0 bridgehead atoms. The van der Waals surface area contributed by atoms with E-state index < -0.39 is 6.03 Å². The summed E-state index contributed by atoms with van der Waals surface area (Å²) in [6, 6.07) is -0.611. The largest absolute Gasteiger partial charge is 0.399 e. The number of urea groups is 1. The fraction of sp³-hybridized carbons (Fsp3) is 0.167. The number of hydrogen-bond acceptors (Lipinski definition) is 2. The van der Waals surface area contributed by atoms with Gasteiger partial charge in [-0.05, 0) is 12.5 Å². The van der Waals surface area contributed by atoms with E-state index in [0.717, 1.165) is 0 Å². The molecule has 4 heteroatoms. The monoisotopic (exact) mass is 141 g/mol. The Bertz CT molecular complexity index is 183. The zero-order valence-corrected chi connectivity index (χ0v) is 5.85. The molecule has 10 heavy (non-hydrogen) atoms. The van der Waals surface area contributed by atoms with E-state index in [0.29, 0.717) is 11.3 Å². The van der Waals surface area contributed by atoms with Crippen LogP contribution in [0.2, 0.25) is 0 Å². The molecule has 5 N–H and O–H groups in total. The van der Waals surface area contributed by atoms with Gasteiger partial charge in [-0.2, -0.15) is 0 Å². The van der Waals surface area contributed by atoms with Crippen molar-refractivity contribution < 1.29 is 4.79 Å². The third-order valence-electron chi connectivity index (χ3n) is 0.937. The second-order valence-electron chi connectivity index (χ2n) is 1.86. The summed E-state index contributed by atoms with van der Waals surface area (Å²) in [6.45, 7) is 5.17. The summed E-state index contributed by atoms with van der Waals surface area (Å²) >= 11 is 0. The second kappa shape index (κ2) is 3.55. The van der Waals surface area contributed by atoms with Crippen molar-refractivity contribution in [2.75, 3.05) is 0 Å². The first-order valence-electron chi connectivity index (χ1n) is 2.71. The molecule has 0 spiro atoms. The van der Waals surface area contributed by atoms with Crippen LogP contribution >= 0.6 is 0 Å². The number of rotatable bonds is 2. The van der Waals surface area contributed by atoms with Gasteiger partial charge >= 0.3 is 6.03 Å². The maximum atomic E-state index is 10.1. The van der Waals surface area contributed by atoms with E-state index in [1.807, 2.05) is 0 Å². The van der Waals surface area contributed by atoms with E-state index in [1.54, 1.807) is 6.92 Å². The first-order chi connectivity index (χ1) is 4.54. The highest BCUT2D eigenvalue weighted by molar-refractivity contribution is 5.72. The van der Waals surface area contributed by atoms with Crippen LogP contribution in [0.3, 0.4) is 0 Å². The predicted molar refractivity (Wildman–Crippen MR) is 39.8 cm³/mol. The van der Waals surface area contributed by atoms with E-state index in [1.165, 1.54) is 6.20 Å². The Morgan fingerprint density at radius 3 is 2.40 bits per heavy atom. The number of nitrogens with two attached hydrogens (primary N) is 2. The molecule has 0 radical (unpaired) electrons. The SMILES string of the molecule is C=C(N)/C(C)=C\NC(N)=O. The van der Waals surface area contributed by atoms with Crippen LogP contribution in [0.5, 0.6) is 0 Å². The molecule has 4 nitrogen and oxygen atoms in total. The number of allylic oxidation sites excluding steroid dienone is 1. The molecule has 0 heterocycles. The van der Waals surface area contributed by atoms with E-state index in [2.05, 4.69) is 11.9 Å². The molecule has 0 unspecified atom stereocenters. The maximum absolute atomic E-state index is 10.1. The predicted octanol–water partition coefficient (Wildman–Crippen LogP) is 0.0309. The molecule has 0 atom stereocenters. The smallest absolute Gasteiger partial charge is 0.316 e. The van der Waals surface area contributed by atoms with Gasteiger partial charge < -0.3 is 16.8 Å². The van der Waals surface area contributed by atoms with Gasteiger partial charge in [0.15, 0.2) is 0 Å². The minimum absolute atomic E-state index is 0.411. The molecule has 0 saturated heterocycles. The Balaban J connectivity index is 3.92. The van der Waals surface area contributed by atoms with Gasteiger partial charge in [-0.15, -0.1) is 0 Å². The lowest BCUT2D eigenvalue weighted by molar-refractivity contribution is 0.252. The highest BCUT2D eigenvalue weighted by atomic mass is 16.2. The molecule has 0 aromatic rings. The summed E-state index contributed by atoms with van der Waals surface area (Å²) in [4.78, 5) is 10.1. The number of carbonyl (C=O) groups is 1. The molecular weight excluding hydrogens is 130 g/mol. The molecule has 0 saturated carbocycles. The van der Waals surface area contributed by atoms with Crippen molar-refractivity contribution in [2.24, 2.45) is 11.5 Å². The van der Waals surface area contributed by atoms with Crippen molar-refractivity contribution >= 4 is 6.03 Å². The van der Waals surface area contributed by atoms with Gasteiger partial charge in [0.2, 0.25) is 0 Å². The molecular formula is C6H11N3O. The van der Waals surface area contributed by atoms with Crippen LogP contribution in [-0.2, 0) is 0 Å². The van der Waals surface area contributed by atoms with E-state index in [-0.39, 0.29) is 0 Å². The molecule has 0 aliphatic carbocycles. The van der Waals surface area contributed by atoms with Crippen molar-refractivity contribution in [1.29, 1.82) is 0 Å². The van der Waals surface area contributed by atoms with Gasteiger partial charge in [0.1, 0.15) is 0 Å². The quantitative estimate of drug-likeness (QED) is 0.474. The van der Waals surface area contributed by atoms with Crippen molar-refractivity contribution in [3.8, 4) is 0 Å². The average molecular weight is 141 g/mol. The first-order valence-corrected chi connectivity index (χ1v) is 2.71. The van der Waals surface area contributed by atoms with Crippen LogP contribution in [-0.4, -0.2) is 6.03 Å². The normalized spacial score (nSPS) is 10.7. The Hall–Kier alpha value is -1.45. The summed E-state index contributed by atoms with van der Waals surface area (Å²) in [5.41, 5.74) is 11.1. The number of primary amides is 1. The topological polar surface area (TPSA) is 81.1 Å². The lowest BCUT2D eigenvalue weighted by atomic mass is 10.3. The second-order valence-corrected chi connectivity index (χ2v) is 1.86. The summed E-state index contributed by atoms with van der Waals surface area (Å²) in [6.07, 6.45) is 1.41. The number of amides is 2. The Morgan fingerprint density at radius 1 is 1.60 bits per heavy atom. The van der Waals surface area contributed by atoms with E-state index in [9.17, 15) is 4.79 Å². The summed E-state index contributed by atoms with van der Waals surface area (Å²) in [5.74, 6) is 0. The fourth-order valence-corrected chi connectivity index (χ4v) is 0.272. The zero-order chi connectivity index (χ0) is 8.15. The molecule has 0 aliphatic rings. The van der Waals surface area contributed by atoms with Gasteiger partial charge in [0.25, 0.3) is 0 Å². The van der Waals surface area contributed by atoms with E-state index >= 15 is 0 Å². The van der Waals surface area contributed by atoms with Crippen LogP contribution in [0.1, 0.15) is 6.92 Å². The van der Waals surface area contributed by atoms with Gasteiger partial charge in [0, 0.05) is 11.9 Å². The van der Waals surface area contributed by atoms with Gasteiger partial charge in [-0.1, -0.05) is 6.58 Å². The Morgan fingerprint density at radius 2 is 2.10 bits per heavy atom. The molecule has 2 amide bonds. The van der Waals surface area contributed by atoms with Crippen molar-refractivity contribution in [3.05, 3.63) is 24.0 Å². The van der Waals surface area contributed by atoms with Crippen LogP contribution in [0.25, 0.3) is 0 Å². The summed E-state index contributed by atoms with van der Waals surface area (Å²) in [5, 5.41) is 2.26. The summed E-state index contributed by atoms with van der Waals surface area (Å²) < 4.78 is 0. The van der Waals surface area contributed by atoms with E-state index in [4.69, 9.17) is 11.5 Å². The standard InChI is InChI=1S/C6H11N3O/c1-4(5(2)7)3-9-6(8)10/h3H,2,7H2,1H3,(H3,8,9,10)/b4-3-. The fourth-order valence-electron chi connectivity index (χ4n) is 0.272. The van der Waals surface area contributed by atoms with Crippen molar-refractivity contribution in [2.45, 2.75) is 6.92 Å². The maximum Gasteiger partial charge on any atom is 0.316 e. The van der Waals surface area contributed by atoms with Crippen LogP contribution in [0.4, 0.5) is 4.79 Å². The lowest BCUT2D eigenvalue weighted by Crippen LogP contribution is -2.24. The van der Waals surface area contributed by atoms with Crippen LogP contribution < -0.4 is 16.8 Å². The molecule has 56 valence electrons. The third kappa shape index (κ3) is 3.54. The number of carbonyl (C=O) groups excluding carboxylic acids is 1. The van der Waals surface area contributed by atoms with Gasteiger partial charge in [-0.25, -0.2) is 4.79 Å². The Labute approximate surface area is 59.6 Å². The lowest BCUT2D eigenvalue weighted by Gasteiger charge is -1.97. The minimum Gasteiger partial charge on any atom is -0.399 e. The first kappa shape index (κ1) is 8.55. The molecule has 0 rings (SSSR count). The third-order valence-corrected chi connectivity index (χ3v) is 0.937. The number of hydrogen-bond donors (Lipinski definition) is 3. The van der Waals surface area contributed by atoms with Crippen molar-refractivity contribution in [1.82, 2.24) is 5.32 Å². The minimum atomic E-state index is -0.611. The zero-order valence-electron chi connectivity index (χ0n) is 5.85. The Kier molecular flexibility index (Phi) is 3.04. The molecule has 0 aromatic heterocycles. The average Bonchev–Trinajstić information content (AvgIpc) is 1.82. The summed E-state index contributed by atoms with van der Waals surface area (Å²) in [7, 11) is 0. The van der Waals surface area contributed by atoms with Crippen molar-refractivity contribution in [3.63, 3.8) is 0 Å². The molecule has 0 aliphatic heterocycles. The van der Waals surface area contributed by atoms with Gasteiger partial charge in [-0.3, -0.25) is 0 Å². The highest BCUT2D eigenvalue weighted by Crippen LogP contribution is 1.95. The van der Waals surface area contributed by atoms with Crippen LogP contribution in [0, 0.1) is 0 Å². The number of nitrogens with one attached hydrogen (secondary N) is 1. The molecule has 0 fully saturated rings.